The number of H-pyrrole nitrogens is 1. The first-order chi connectivity index (χ1) is 7.45. The average molecular weight is 264 g/mol. The highest BCUT2D eigenvalue weighted by Gasteiger charge is 2.17. The second kappa shape index (κ2) is 5.57. The molecular weight excluding hydrogens is 249 g/mol. The number of rotatable bonds is 4. The Hall–Kier alpha value is -0.710. The van der Waals surface area contributed by atoms with Crippen LogP contribution in [0.3, 0.4) is 0 Å². The molecule has 4 N–H and O–H groups in total. The van der Waals surface area contributed by atoms with E-state index in [9.17, 15) is 4.79 Å². The van der Waals surface area contributed by atoms with Crippen LogP contribution >= 0.6 is 23.2 Å². The van der Waals surface area contributed by atoms with Crippen LogP contribution in [0.15, 0.2) is 6.07 Å². The summed E-state index contributed by atoms with van der Waals surface area (Å²) in [7, 11) is 0. The highest BCUT2D eigenvalue weighted by molar-refractivity contribution is 6.41. The molecule has 0 aliphatic carbocycles. The maximum Gasteiger partial charge on any atom is 0.268 e. The summed E-state index contributed by atoms with van der Waals surface area (Å²) in [5, 5.41) is 3.41. The summed E-state index contributed by atoms with van der Waals surface area (Å²) in [6.07, 6.45) is 0. The Morgan fingerprint density at radius 2 is 2.19 bits per heavy atom. The van der Waals surface area contributed by atoms with Crippen molar-refractivity contribution in [1.82, 2.24) is 10.3 Å². The summed E-state index contributed by atoms with van der Waals surface area (Å²) in [4.78, 5) is 14.5. The average Bonchev–Trinajstić information content (AvgIpc) is 2.55. The Bertz CT molecular complexity index is 357. The molecule has 1 rings (SSSR count). The van der Waals surface area contributed by atoms with Crippen molar-refractivity contribution >= 4 is 29.1 Å². The smallest absolute Gasteiger partial charge is 0.268 e. The Kier molecular flexibility index (Phi) is 4.65. The number of hydrogen-bond donors (Lipinski definition) is 3. The van der Waals surface area contributed by atoms with Gasteiger partial charge in [-0.05, 0) is 12.0 Å². The van der Waals surface area contributed by atoms with Crippen molar-refractivity contribution in [3.8, 4) is 0 Å². The lowest BCUT2D eigenvalue weighted by Gasteiger charge is -2.19. The molecule has 0 radical (unpaired) electrons. The Morgan fingerprint density at radius 1 is 1.56 bits per heavy atom. The molecule has 1 amide bonds. The van der Waals surface area contributed by atoms with E-state index in [1.165, 1.54) is 6.07 Å². The van der Waals surface area contributed by atoms with Gasteiger partial charge in [0.2, 0.25) is 0 Å². The number of halogens is 2. The highest BCUT2D eigenvalue weighted by atomic mass is 35.5. The molecule has 0 saturated carbocycles. The molecule has 1 atom stereocenters. The molecule has 0 aliphatic rings. The van der Waals surface area contributed by atoms with Crippen molar-refractivity contribution < 1.29 is 4.79 Å². The third-order valence-electron chi connectivity index (χ3n) is 2.34. The molecule has 1 aromatic heterocycles. The van der Waals surface area contributed by atoms with Gasteiger partial charge in [0.05, 0.1) is 5.02 Å². The van der Waals surface area contributed by atoms with E-state index in [0.717, 1.165) is 0 Å². The van der Waals surface area contributed by atoms with Gasteiger partial charge in [0, 0.05) is 12.6 Å². The minimum absolute atomic E-state index is 0.0617. The fraction of sp³-hybridized carbons (Fsp3) is 0.500. The van der Waals surface area contributed by atoms with Gasteiger partial charge in [0.15, 0.2) is 0 Å². The molecular formula is C10H15Cl2N3O. The van der Waals surface area contributed by atoms with E-state index < -0.39 is 0 Å². The molecule has 1 heterocycles. The van der Waals surface area contributed by atoms with Gasteiger partial charge >= 0.3 is 0 Å². The zero-order valence-electron chi connectivity index (χ0n) is 9.18. The van der Waals surface area contributed by atoms with E-state index in [4.69, 9.17) is 28.9 Å². The second-order valence-electron chi connectivity index (χ2n) is 3.90. The van der Waals surface area contributed by atoms with E-state index in [0.29, 0.717) is 17.3 Å². The first-order valence-electron chi connectivity index (χ1n) is 5.00. The number of aromatic nitrogens is 1. The summed E-state index contributed by atoms with van der Waals surface area (Å²) in [6, 6.07) is 1.43. The maximum atomic E-state index is 11.8. The zero-order valence-corrected chi connectivity index (χ0v) is 10.7. The SMILES string of the molecule is CC(C)C(CN)NC(=O)c1cc(Cl)c(Cl)[nH]1. The van der Waals surface area contributed by atoms with Crippen LogP contribution in [0.2, 0.25) is 10.2 Å². The number of hydrogen-bond acceptors (Lipinski definition) is 2. The van der Waals surface area contributed by atoms with Crippen molar-refractivity contribution in [2.45, 2.75) is 19.9 Å². The van der Waals surface area contributed by atoms with Gasteiger partial charge in [-0.3, -0.25) is 4.79 Å². The van der Waals surface area contributed by atoms with Crippen molar-refractivity contribution in [3.63, 3.8) is 0 Å². The van der Waals surface area contributed by atoms with Crippen molar-refractivity contribution in [2.75, 3.05) is 6.54 Å². The van der Waals surface area contributed by atoms with E-state index in [1.54, 1.807) is 0 Å². The molecule has 0 aromatic carbocycles. The fourth-order valence-electron chi connectivity index (χ4n) is 1.27. The molecule has 1 aromatic rings. The van der Waals surface area contributed by atoms with E-state index in [-0.39, 0.29) is 23.0 Å². The van der Waals surface area contributed by atoms with Crippen molar-refractivity contribution in [2.24, 2.45) is 11.7 Å². The van der Waals surface area contributed by atoms with Crippen LogP contribution in [0.1, 0.15) is 24.3 Å². The number of nitrogens with two attached hydrogens (primary N) is 1. The van der Waals surface area contributed by atoms with Crippen molar-refractivity contribution in [3.05, 3.63) is 21.9 Å². The van der Waals surface area contributed by atoms with Gasteiger partial charge in [-0.2, -0.15) is 0 Å². The van der Waals surface area contributed by atoms with Crippen LogP contribution in [0.25, 0.3) is 0 Å². The normalized spacial score (nSPS) is 12.9. The third kappa shape index (κ3) is 3.14. The number of carbonyl (C=O) groups is 1. The van der Waals surface area contributed by atoms with Crippen LogP contribution in [-0.4, -0.2) is 23.5 Å². The summed E-state index contributed by atoms with van der Waals surface area (Å²) in [5.41, 5.74) is 5.90. The third-order valence-corrected chi connectivity index (χ3v) is 3.04. The van der Waals surface area contributed by atoms with Gasteiger partial charge in [-0.15, -0.1) is 0 Å². The molecule has 0 bridgehead atoms. The number of carbonyl (C=O) groups excluding carboxylic acids is 1. The van der Waals surface area contributed by atoms with Crippen LogP contribution in [0.4, 0.5) is 0 Å². The number of aromatic amines is 1. The van der Waals surface area contributed by atoms with Crippen molar-refractivity contribution in [1.29, 1.82) is 0 Å². The van der Waals surface area contributed by atoms with Crippen LogP contribution in [-0.2, 0) is 0 Å². The molecule has 90 valence electrons. The topological polar surface area (TPSA) is 70.9 Å². The lowest BCUT2D eigenvalue weighted by molar-refractivity contribution is 0.0923. The Labute approximate surface area is 104 Å². The zero-order chi connectivity index (χ0) is 12.3. The molecule has 0 aliphatic heterocycles. The Balaban J connectivity index is 2.71. The largest absolute Gasteiger partial charge is 0.347 e. The van der Waals surface area contributed by atoms with Gasteiger partial charge in [0.1, 0.15) is 10.8 Å². The van der Waals surface area contributed by atoms with Gasteiger partial charge < -0.3 is 16.0 Å². The molecule has 16 heavy (non-hydrogen) atoms. The predicted octanol–water partition coefficient (Wildman–Crippen LogP) is 2.03. The quantitative estimate of drug-likeness (QED) is 0.778. The maximum absolute atomic E-state index is 11.8. The lowest BCUT2D eigenvalue weighted by atomic mass is 10.0. The molecule has 1 unspecified atom stereocenters. The second-order valence-corrected chi connectivity index (χ2v) is 4.69. The van der Waals surface area contributed by atoms with Crippen LogP contribution < -0.4 is 11.1 Å². The first-order valence-corrected chi connectivity index (χ1v) is 5.76. The monoisotopic (exact) mass is 263 g/mol. The molecule has 4 nitrogen and oxygen atoms in total. The van der Waals surface area contributed by atoms with E-state index in [2.05, 4.69) is 10.3 Å². The van der Waals surface area contributed by atoms with Gasteiger partial charge in [-0.1, -0.05) is 37.0 Å². The summed E-state index contributed by atoms with van der Waals surface area (Å²) in [5.74, 6) is 0.0211. The summed E-state index contributed by atoms with van der Waals surface area (Å²) in [6.45, 7) is 4.38. The first kappa shape index (κ1) is 13.4. The highest BCUT2D eigenvalue weighted by Crippen LogP contribution is 2.21. The van der Waals surface area contributed by atoms with Gasteiger partial charge in [-0.25, -0.2) is 0 Å². The fourth-order valence-corrected chi connectivity index (χ4v) is 1.58. The molecule has 0 spiro atoms. The van der Waals surface area contributed by atoms with E-state index >= 15 is 0 Å². The van der Waals surface area contributed by atoms with Crippen LogP contribution in [0, 0.1) is 5.92 Å². The molecule has 0 saturated heterocycles. The standard InChI is InChI=1S/C10H15Cl2N3O/c1-5(2)8(4-13)15-10(16)7-3-6(11)9(12)14-7/h3,5,8,14H,4,13H2,1-2H3,(H,15,16). The van der Waals surface area contributed by atoms with Crippen LogP contribution in [0.5, 0.6) is 0 Å². The lowest BCUT2D eigenvalue weighted by Crippen LogP contribution is -2.43. The summed E-state index contributed by atoms with van der Waals surface area (Å²) < 4.78 is 0. The van der Waals surface area contributed by atoms with Gasteiger partial charge in [0.25, 0.3) is 5.91 Å². The Morgan fingerprint density at radius 3 is 2.56 bits per heavy atom. The summed E-state index contributed by atoms with van der Waals surface area (Å²) >= 11 is 11.5. The molecule has 0 fully saturated rings. The number of amides is 1. The predicted molar refractivity (Wildman–Crippen MR) is 66.0 cm³/mol. The van der Waals surface area contributed by atoms with E-state index in [1.807, 2.05) is 13.8 Å². The minimum Gasteiger partial charge on any atom is -0.347 e. The number of nitrogens with one attached hydrogen (secondary N) is 2. The minimum atomic E-state index is -0.252. The molecule has 6 heteroatoms.